The molecule has 0 saturated carbocycles. The van der Waals surface area contributed by atoms with Crippen molar-refractivity contribution in [1.29, 1.82) is 0 Å². The summed E-state index contributed by atoms with van der Waals surface area (Å²) in [4.78, 5) is 23.7. The summed E-state index contributed by atoms with van der Waals surface area (Å²) in [6.07, 6.45) is 1.79. The maximum atomic E-state index is 11.9. The van der Waals surface area contributed by atoms with Crippen molar-refractivity contribution in [1.82, 2.24) is 10.6 Å². The smallest absolute Gasteiger partial charge is 0.243 e. The van der Waals surface area contributed by atoms with E-state index in [1.807, 2.05) is 0 Å². The average molecular weight is 344 g/mol. The topological polar surface area (TPSA) is 88.7 Å². The second-order valence-electron chi connectivity index (χ2n) is 5.02. The minimum absolute atomic E-state index is 0. The molecule has 23 heavy (non-hydrogen) atoms. The number of carbonyl (C=O) groups is 2. The molecule has 2 amide bonds. The molecule has 8 heteroatoms. The first-order valence-electron chi connectivity index (χ1n) is 7.16. The van der Waals surface area contributed by atoms with Gasteiger partial charge in [-0.1, -0.05) is 0 Å². The first kappa shape index (κ1) is 19.1. The van der Waals surface area contributed by atoms with Crippen molar-refractivity contribution in [2.75, 3.05) is 32.6 Å². The molecule has 0 spiro atoms. The molecule has 1 aliphatic rings. The van der Waals surface area contributed by atoms with Gasteiger partial charge in [-0.3, -0.25) is 9.59 Å². The van der Waals surface area contributed by atoms with Crippen molar-refractivity contribution in [3.05, 3.63) is 18.2 Å². The molecule has 0 aliphatic carbocycles. The van der Waals surface area contributed by atoms with Crippen LogP contribution in [0.5, 0.6) is 11.5 Å². The van der Waals surface area contributed by atoms with Crippen LogP contribution in [0.3, 0.4) is 0 Å². The van der Waals surface area contributed by atoms with Gasteiger partial charge in [0.2, 0.25) is 11.8 Å². The summed E-state index contributed by atoms with van der Waals surface area (Å²) in [6, 6.07) is 4.88. The fourth-order valence-corrected chi connectivity index (χ4v) is 2.28. The second kappa shape index (κ2) is 9.22. The van der Waals surface area contributed by atoms with Crippen molar-refractivity contribution in [3.8, 4) is 11.5 Å². The van der Waals surface area contributed by atoms with Crippen LogP contribution in [-0.4, -0.2) is 45.2 Å². The van der Waals surface area contributed by atoms with E-state index in [0.29, 0.717) is 17.2 Å². The predicted octanol–water partition coefficient (Wildman–Crippen LogP) is 0.932. The van der Waals surface area contributed by atoms with Gasteiger partial charge < -0.3 is 25.4 Å². The molecule has 3 N–H and O–H groups in total. The Balaban J connectivity index is 0.00000264. The number of benzene rings is 1. The Morgan fingerprint density at radius 3 is 2.39 bits per heavy atom. The number of carbonyl (C=O) groups excluding carboxylic acids is 2. The third kappa shape index (κ3) is 5.61. The number of anilines is 1. The molecule has 0 bridgehead atoms. The zero-order valence-corrected chi connectivity index (χ0v) is 14.0. The lowest BCUT2D eigenvalue weighted by molar-refractivity contribution is -0.125. The van der Waals surface area contributed by atoms with Crippen LogP contribution < -0.4 is 25.4 Å². The van der Waals surface area contributed by atoms with Crippen LogP contribution >= 0.6 is 12.4 Å². The van der Waals surface area contributed by atoms with Crippen LogP contribution in [-0.2, 0) is 9.59 Å². The highest BCUT2D eigenvalue weighted by atomic mass is 35.5. The highest BCUT2D eigenvalue weighted by molar-refractivity contribution is 5.95. The Kier molecular flexibility index (Phi) is 7.64. The van der Waals surface area contributed by atoms with E-state index in [0.717, 1.165) is 19.4 Å². The number of amides is 2. The molecule has 1 saturated heterocycles. The molecular weight excluding hydrogens is 322 g/mol. The van der Waals surface area contributed by atoms with E-state index in [2.05, 4.69) is 16.0 Å². The average Bonchev–Trinajstić information content (AvgIpc) is 3.06. The van der Waals surface area contributed by atoms with Crippen molar-refractivity contribution in [3.63, 3.8) is 0 Å². The largest absolute Gasteiger partial charge is 0.497 e. The lowest BCUT2D eigenvalue weighted by Crippen LogP contribution is -2.43. The second-order valence-corrected chi connectivity index (χ2v) is 5.02. The van der Waals surface area contributed by atoms with Gasteiger partial charge in [0, 0.05) is 23.9 Å². The first-order valence-corrected chi connectivity index (χ1v) is 7.16. The molecule has 1 aromatic rings. The van der Waals surface area contributed by atoms with Crippen molar-refractivity contribution in [2.24, 2.45) is 0 Å². The summed E-state index contributed by atoms with van der Waals surface area (Å²) in [7, 11) is 3.07. The Morgan fingerprint density at radius 2 is 1.87 bits per heavy atom. The Hall–Kier alpha value is -1.99. The van der Waals surface area contributed by atoms with Gasteiger partial charge in [-0.2, -0.15) is 0 Å². The zero-order chi connectivity index (χ0) is 15.9. The van der Waals surface area contributed by atoms with Crippen LogP contribution in [0.2, 0.25) is 0 Å². The van der Waals surface area contributed by atoms with Crippen LogP contribution in [0, 0.1) is 0 Å². The van der Waals surface area contributed by atoms with Gasteiger partial charge in [0.15, 0.2) is 0 Å². The van der Waals surface area contributed by atoms with Crippen LogP contribution in [0.15, 0.2) is 18.2 Å². The Bertz CT molecular complexity index is 525. The molecule has 1 heterocycles. The monoisotopic (exact) mass is 343 g/mol. The summed E-state index contributed by atoms with van der Waals surface area (Å²) >= 11 is 0. The quantitative estimate of drug-likeness (QED) is 0.715. The van der Waals surface area contributed by atoms with Gasteiger partial charge in [-0.25, -0.2) is 0 Å². The van der Waals surface area contributed by atoms with E-state index in [4.69, 9.17) is 9.47 Å². The molecule has 128 valence electrons. The number of ether oxygens (including phenoxy) is 2. The molecule has 1 atom stereocenters. The van der Waals surface area contributed by atoms with E-state index < -0.39 is 0 Å². The molecule has 1 fully saturated rings. The van der Waals surface area contributed by atoms with Gasteiger partial charge in [0.1, 0.15) is 11.5 Å². The highest BCUT2D eigenvalue weighted by Crippen LogP contribution is 2.25. The van der Waals surface area contributed by atoms with Crippen LogP contribution in [0.4, 0.5) is 5.69 Å². The van der Waals surface area contributed by atoms with Gasteiger partial charge in [0.05, 0.1) is 26.8 Å². The standard InChI is InChI=1S/C15H21N3O4.ClH/c1-21-11-6-10(7-12(8-11)22-2)18-14(19)9-17-15(20)13-4-3-5-16-13;/h6-8,13,16H,3-5,9H2,1-2H3,(H,17,20)(H,18,19);1H. The Labute approximate surface area is 141 Å². The number of hydrogen-bond donors (Lipinski definition) is 3. The number of rotatable bonds is 6. The van der Waals surface area contributed by atoms with Gasteiger partial charge in [0.25, 0.3) is 0 Å². The van der Waals surface area contributed by atoms with Crippen LogP contribution in [0.1, 0.15) is 12.8 Å². The zero-order valence-electron chi connectivity index (χ0n) is 13.2. The fraction of sp³-hybridized carbons (Fsp3) is 0.467. The predicted molar refractivity (Wildman–Crippen MR) is 89.5 cm³/mol. The fourth-order valence-electron chi connectivity index (χ4n) is 2.28. The minimum atomic E-state index is -0.304. The van der Waals surface area contributed by atoms with Gasteiger partial charge >= 0.3 is 0 Å². The number of hydrogen-bond acceptors (Lipinski definition) is 5. The number of nitrogens with one attached hydrogen (secondary N) is 3. The SMILES string of the molecule is COc1cc(NC(=O)CNC(=O)C2CCCN2)cc(OC)c1.Cl. The van der Waals surface area contributed by atoms with E-state index in [-0.39, 0.29) is 36.8 Å². The van der Waals surface area contributed by atoms with Crippen molar-refractivity contribution >= 4 is 29.9 Å². The van der Waals surface area contributed by atoms with E-state index >= 15 is 0 Å². The highest BCUT2D eigenvalue weighted by Gasteiger charge is 2.22. The van der Waals surface area contributed by atoms with Gasteiger partial charge in [-0.05, 0) is 19.4 Å². The molecule has 7 nitrogen and oxygen atoms in total. The van der Waals surface area contributed by atoms with Gasteiger partial charge in [-0.15, -0.1) is 12.4 Å². The lowest BCUT2D eigenvalue weighted by Gasteiger charge is -2.12. The molecule has 2 rings (SSSR count). The summed E-state index contributed by atoms with van der Waals surface area (Å²) in [5, 5.41) is 8.41. The van der Waals surface area contributed by atoms with Crippen molar-refractivity contribution < 1.29 is 19.1 Å². The third-order valence-electron chi connectivity index (χ3n) is 3.44. The number of halogens is 1. The third-order valence-corrected chi connectivity index (χ3v) is 3.44. The molecule has 0 aromatic heterocycles. The molecule has 1 aromatic carbocycles. The summed E-state index contributed by atoms with van der Waals surface area (Å²) in [6.45, 7) is 0.768. The van der Waals surface area contributed by atoms with E-state index in [1.165, 1.54) is 14.2 Å². The summed E-state index contributed by atoms with van der Waals surface area (Å²) in [5.41, 5.74) is 0.550. The van der Waals surface area contributed by atoms with Crippen molar-refractivity contribution in [2.45, 2.75) is 18.9 Å². The van der Waals surface area contributed by atoms with E-state index in [9.17, 15) is 9.59 Å². The maximum absolute atomic E-state index is 11.9. The minimum Gasteiger partial charge on any atom is -0.497 e. The lowest BCUT2D eigenvalue weighted by atomic mass is 10.2. The first-order chi connectivity index (χ1) is 10.6. The molecular formula is C15H22ClN3O4. The normalized spacial score (nSPS) is 16.2. The maximum Gasteiger partial charge on any atom is 0.243 e. The number of methoxy groups -OCH3 is 2. The molecule has 0 radical (unpaired) electrons. The summed E-state index contributed by atoms with van der Waals surface area (Å²) in [5.74, 6) is 0.709. The molecule has 1 aliphatic heterocycles. The van der Waals surface area contributed by atoms with E-state index in [1.54, 1.807) is 18.2 Å². The van der Waals surface area contributed by atoms with Crippen LogP contribution in [0.25, 0.3) is 0 Å². The summed E-state index contributed by atoms with van der Waals surface area (Å²) < 4.78 is 10.3. The Morgan fingerprint density at radius 1 is 1.22 bits per heavy atom. The molecule has 1 unspecified atom stereocenters.